The first kappa shape index (κ1) is 18.9. The average Bonchev–Trinajstić information content (AvgIpc) is 3.29. The van der Waals surface area contributed by atoms with E-state index in [-0.39, 0.29) is 17.7 Å². The van der Waals surface area contributed by atoms with Crippen LogP contribution in [0.15, 0.2) is 52.2 Å². The first-order valence-electron chi connectivity index (χ1n) is 7.98. The van der Waals surface area contributed by atoms with Crippen LogP contribution in [-0.2, 0) is 4.79 Å². The van der Waals surface area contributed by atoms with Gasteiger partial charge in [-0.25, -0.2) is 5.01 Å². The quantitative estimate of drug-likeness (QED) is 0.711. The molecule has 0 saturated heterocycles. The predicted molar refractivity (Wildman–Crippen MR) is 110 cm³/mol. The zero-order valence-electron chi connectivity index (χ0n) is 14.4. The van der Waals surface area contributed by atoms with Crippen LogP contribution in [0.4, 0.5) is 0 Å². The summed E-state index contributed by atoms with van der Waals surface area (Å²) >= 11 is 12.5. The molecule has 1 aliphatic rings. The Morgan fingerprint density at radius 2 is 2.12 bits per heavy atom. The summed E-state index contributed by atoms with van der Waals surface area (Å²) in [5.41, 5.74) is 1.77. The molecule has 136 valence electrons. The van der Waals surface area contributed by atoms with Crippen molar-refractivity contribution in [3.63, 3.8) is 0 Å². The van der Waals surface area contributed by atoms with Gasteiger partial charge in [-0.3, -0.25) is 4.79 Å². The molecule has 8 heteroatoms. The predicted octanol–water partition coefficient (Wildman–Crippen LogP) is 4.19. The monoisotopic (exact) mass is 407 g/mol. The van der Waals surface area contributed by atoms with Crippen molar-refractivity contribution < 1.29 is 9.21 Å². The van der Waals surface area contributed by atoms with Crippen LogP contribution in [0.3, 0.4) is 0 Å². The fraction of sp³-hybridized carbons (Fsp3) is 0.278. The highest BCUT2D eigenvalue weighted by atomic mass is 35.5. The number of hydrazone groups is 1. The Kier molecular flexibility index (Phi) is 6.01. The molecule has 0 saturated carbocycles. The minimum absolute atomic E-state index is 0.107. The maximum absolute atomic E-state index is 12.8. The van der Waals surface area contributed by atoms with Gasteiger partial charge < -0.3 is 9.32 Å². The number of nitrogens with zero attached hydrogens (tertiary/aromatic N) is 3. The molecule has 0 spiro atoms. The largest absolute Gasteiger partial charge is 0.467 e. The normalized spacial score (nSPS) is 16.5. The van der Waals surface area contributed by atoms with Gasteiger partial charge in [-0.15, -0.1) is 0 Å². The molecular weight excluding hydrogens is 390 g/mol. The number of halogens is 1. The Labute approximate surface area is 167 Å². The summed E-state index contributed by atoms with van der Waals surface area (Å²) in [6, 6.07) is 10.9. The van der Waals surface area contributed by atoms with Crippen LogP contribution in [0.1, 0.15) is 23.8 Å². The third-order valence-corrected chi connectivity index (χ3v) is 5.87. The Bertz CT molecular complexity index is 819. The molecule has 1 aromatic carbocycles. The summed E-state index contributed by atoms with van der Waals surface area (Å²) in [4.78, 5) is 14.6. The Morgan fingerprint density at radius 3 is 2.73 bits per heavy atom. The molecule has 2 aromatic rings. The van der Waals surface area contributed by atoms with Crippen LogP contribution in [0, 0.1) is 0 Å². The van der Waals surface area contributed by atoms with Crippen molar-refractivity contribution in [2.24, 2.45) is 5.10 Å². The van der Waals surface area contributed by atoms with Crippen molar-refractivity contribution in [2.45, 2.75) is 12.5 Å². The molecule has 0 N–H and O–H groups in total. The van der Waals surface area contributed by atoms with E-state index in [9.17, 15) is 4.79 Å². The van der Waals surface area contributed by atoms with Crippen LogP contribution in [0.25, 0.3) is 0 Å². The van der Waals surface area contributed by atoms with E-state index in [2.05, 4.69) is 5.10 Å². The average molecular weight is 408 g/mol. The van der Waals surface area contributed by atoms with E-state index in [1.807, 2.05) is 55.4 Å². The zero-order chi connectivity index (χ0) is 18.7. The summed E-state index contributed by atoms with van der Waals surface area (Å²) in [5.74, 6) is 0.835. The van der Waals surface area contributed by atoms with Crippen LogP contribution in [0.5, 0.6) is 0 Å². The summed E-state index contributed by atoms with van der Waals surface area (Å²) in [5, 5.41) is 6.75. The van der Waals surface area contributed by atoms with Gasteiger partial charge in [-0.2, -0.15) is 5.10 Å². The number of carbonyl (C=O) groups excluding carboxylic acids is 1. The van der Waals surface area contributed by atoms with E-state index in [0.29, 0.717) is 21.5 Å². The first-order valence-corrected chi connectivity index (χ1v) is 9.76. The fourth-order valence-electron chi connectivity index (χ4n) is 2.58. The van der Waals surface area contributed by atoms with Gasteiger partial charge >= 0.3 is 0 Å². The third-order valence-electron chi connectivity index (χ3n) is 3.90. The lowest BCUT2D eigenvalue weighted by atomic mass is 10.0. The number of hydrogen-bond acceptors (Lipinski definition) is 5. The second-order valence-corrected chi connectivity index (χ2v) is 8.02. The van der Waals surface area contributed by atoms with E-state index in [0.717, 1.165) is 11.3 Å². The fourth-order valence-corrected chi connectivity index (χ4v) is 3.52. The number of furan rings is 1. The van der Waals surface area contributed by atoms with Crippen molar-refractivity contribution in [1.82, 2.24) is 9.91 Å². The SMILES string of the molecule is CN(C)C(=S)SCC(=O)N1N=C(c2ccc(Cl)cc2)CC1c1ccco1. The first-order chi connectivity index (χ1) is 12.5. The topological polar surface area (TPSA) is 49.1 Å². The van der Waals surface area contributed by atoms with E-state index < -0.39 is 0 Å². The van der Waals surface area contributed by atoms with Gasteiger partial charge in [0.15, 0.2) is 0 Å². The molecule has 26 heavy (non-hydrogen) atoms. The van der Waals surface area contributed by atoms with Crippen molar-refractivity contribution in [2.75, 3.05) is 19.8 Å². The standard InChI is InChI=1S/C18H18ClN3O2S2/c1-21(2)18(25)26-11-17(23)22-15(16-4-3-9-24-16)10-14(20-22)12-5-7-13(19)8-6-12/h3-9,15H,10-11H2,1-2H3. The molecule has 1 aromatic heterocycles. The molecule has 5 nitrogen and oxygen atoms in total. The molecule has 1 unspecified atom stereocenters. The maximum Gasteiger partial charge on any atom is 0.253 e. The van der Waals surface area contributed by atoms with Crippen LogP contribution >= 0.6 is 35.6 Å². The highest BCUT2D eigenvalue weighted by molar-refractivity contribution is 8.23. The lowest BCUT2D eigenvalue weighted by molar-refractivity contribution is -0.130. The number of thiocarbonyl (C=S) groups is 1. The van der Waals surface area contributed by atoms with Gasteiger partial charge in [0.1, 0.15) is 16.1 Å². The minimum Gasteiger partial charge on any atom is -0.467 e. The van der Waals surface area contributed by atoms with Gasteiger partial charge in [0, 0.05) is 25.5 Å². The minimum atomic E-state index is -0.253. The molecule has 0 bridgehead atoms. The molecule has 1 amide bonds. The third kappa shape index (κ3) is 4.28. The molecule has 3 rings (SSSR count). The van der Waals surface area contributed by atoms with Crippen molar-refractivity contribution in [1.29, 1.82) is 0 Å². The number of thioether (sulfide) groups is 1. The van der Waals surface area contributed by atoms with E-state index in [4.69, 9.17) is 28.2 Å². The smallest absolute Gasteiger partial charge is 0.253 e. The summed E-state index contributed by atoms with van der Waals surface area (Å²) in [7, 11) is 3.72. The molecule has 0 fully saturated rings. The van der Waals surface area contributed by atoms with Gasteiger partial charge in [-0.05, 0) is 29.8 Å². The van der Waals surface area contributed by atoms with Crippen molar-refractivity contribution in [3.8, 4) is 0 Å². The Balaban J connectivity index is 1.81. The zero-order valence-corrected chi connectivity index (χ0v) is 16.8. The highest BCUT2D eigenvalue weighted by Crippen LogP contribution is 2.33. The molecule has 1 aliphatic heterocycles. The molecule has 0 aliphatic carbocycles. The lowest BCUT2D eigenvalue weighted by Crippen LogP contribution is -2.29. The van der Waals surface area contributed by atoms with Gasteiger partial charge in [-0.1, -0.05) is 47.7 Å². The number of hydrogen-bond donors (Lipinski definition) is 0. The van der Waals surface area contributed by atoms with Gasteiger partial charge in [0.25, 0.3) is 5.91 Å². The lowest BCUT2D eigenvalue weighted by Gasteiger charge is -2.20. The summed E-state index contributed by atoms with van der Waals surface area (Å²) in [6.07, 6.45) is 2.19. The molecule has 1 atom stereocenters. The van der Waals surface area contributed by atoms with Crippen LogP contribution in [-0.4, -0.2) is 45.7 Å². The van der Waals surface area contributed by atoms with Crippen LogP contribution in [0.2, 0.25) is 5.02 Å². The molecule has 0 radical (unpaired) electrons. The van der Waals surface area contributed by atoms with E-state index in [1.54, 1.807) is 6.26 Å². The summed E-state index contributed by atoms with van der Waals surface area (Å²) in [6.45, 7) is 0. The number of amides is 1. The second kappa shape index (κ2) is 8.24. The van der Waals surface area contributed by atoms with Crippen molar-refractivity contribution in [3.05, 3.63) is 59.0 Å². The van der Waals surface area contributed by atoms with Crippen LogP contribution < -0.4 is 0 Å². The number of rotatable bonds is 4. The Hall–Kier alpha value is -1.83. The highest BCUT2D eigenvalue weighted by Gasteiger charge is 2.34. The number of benzene rings is 1. The van der Waals surface area contributed by atoms with Crippen molar-refractivity contribution >= 4 is 51.5 Å². The maximum atomic E-state index is 12.8. The molecule has 2 heterocycles. The summed E-state index contributed by atoms with van der Waals surface area (Å²) < 4.78 is 6.20. The number of carbonyl (C=O) groups is 1. The van der Waals surface area contributed by atoms with Gasteiger partial charge in [0.05, 0.1) is 17.7 Å². The molecular formula is C18H18ClN3O2S2. The van der Waals surface area contributed by atoms with E-state index >= 15 is 0 Å². The van der Waals surface area contributed by atoms with E-state index in [1.165, 1.54) is 16.8 Å². The Morgan fingerprint density at radius 1 is 1.38 bits per heavy atom. The second-order valence-electron chi connectivity index (χ2n) is 5.98. The van der Waals surface area contributed by atoms with Gasteiger partial charge in [0.2, 0.25) is 0 Å².